The van der Waals surface area contributed by atoms with Crippen LogP contribution in [0.25, 0.3) is 0 Å². The number of amides is 2. The molecule has 0 bridgehead atoms. The summed E-state index contributed by atoms with van der Waals surface area (Å²) in [6.07, 6.45) is 4.22. The third-order valence-electron chi connectivity index (χ3n) is 4.28. The van der Waals surface area contributed by atoms with Crippen LogP contribution in [-0.4, -0.2) is 35.2 Å². The molecule has 2 aromatic rings. The summed E-state index contributed by atoms with van der Waals surface area (Å²) in [5.41, 5.74) is 0.466. The topological polar surface area (TPSA) is 93.2 Å². The monoisotopic (exact) mass is 404 g/mol. The van der Waals surface area contributed by atoms with Gasteiger partial charge in [-0.05, 0) is 36.6 Å². The van der Waals surface area contributed by atoms with Crippen LogP contribution in [0, 0.1) is 5.92 Å². The number of unbranched alkanes of at least 4 members (excludes halogenated alkanes) is 2. The molecule has 0 fully saturated rings. The molecule has 1 aromatic heterocycles. The molecule has 0 spiro atoms. The van der Waals surface area contributed by atoms with Gasteiger partial charge in [0.2, 0.25) is 11.0 Å². The number of aryl methyl sites for hydroxylation is 1. The van der Waals surface area contributed by atoms with Crippen LogP contribution in [0.1, 0.15) is 55.4 Å². The number of carbonyl (C=O) groups is 2. The number of rotatable bonds is 10. The minimum absolute atomic E-state index is 0.0841. The zero-order valence-corrected chi connectivity index (χ0v) is 17.6. The van der Waals surface area contributed by atoms with Gasteiger partial charge in [-0.15, -0.1) is 10.2 Å². The predicted molar refractivity (Wildman–Crippen MR) is 111 cm³/mol. The van der Waals surface area contributed by atoms with Gasteiger partial charge in [-0.2, -0.15) is 0 Å². The van der Waals surface area contributed by atoms with E-state index in [9.17, 15) is 9.59 Å². The molecule has 152 valence electrons. The summed E-state index contributed by atoms with van der Waals surface area (Å²) in [4.78, 5) is 25.2. The Morgan fingerprint density at radius 3 is 2.46 bits per heavy atom. The lowest BCUT2D eigenvalue weighted by atomic mass is 10.0. The molecule has 0 aliphatic heterocycles. The Bertz CT molecular complexity index is 774. The van der Waals surface area contributed by atoms with Crippen molar-refractivity contribution in [2.24, 2.45) is 5.92 Å². The lowest BCUT2D eigenvalue weighted by Gasteiger charge is -2.21. The van der Waals surface area contributed by atoms with Crippen molar-refractivity contribution < 1.29 is 14.3 Å². The minimum Gasteiger partial charge on any atom is -0.497 e. The van der Waals surface area contributed by atoms with Gasteiger partial charge >= 0.3 is 0 Å². The first kappa shape index (κ1) is 21.8. The first-order chi connectivity index (χ1) is 13.4. The summed E-state index contributed by atoms with van der Waals surface area (Å²) < 4.78 is 5.10. The van der Waals surface area contributed by atoms with E-state index in [1.807, 2.05) is 13.8 Å². The summed E-state index contributed by atoms with van der Waals surface area (Å²) in [5.74, 6) is -0.0259. The fraction of sp³-hybridized carbons (Fsp3) is 0.500. The number of aromatic nitrogens is 2. The Balaban J connectivity index is 1.98. The first-order valence-corrected chi connectivity index (χ1v) is 10.3. The summed E-state index contributed by atoms with van der Waals surface area (Å²) in [7, 11) is 1.57. The average Bonchev–Trinajstić information content (AvgIpc) is 3.13. The van der Waals surface area contributed by atoms with E-state index in [4.69, 9.17) is 4.74 Å². The maximum atomic E-state index is 12.7. The second-order valence-corrected chi connectivity index (χ2v) is 7.93. The van der Waals surface area contributed by atoms with E-state index in [0.717, 1.165) is 30.7 Å². The van der Waals surface area contributed by atoms with Crippen LogP contribution in [0.15, 0.2) is 24.3 Å². The highest BCUT2D eigenvalue weighted by Gasteiger charge is 2.25. The number of anilines is 1. The molecule has 8 heteroatoms. The standard InChI is InChI=1S/C20H28N4O3S/c1-5-6-7-8-16-23-24-20(28-16)22-19(26)17(13(2)3)21-18(25)14-9-11-15(27-4)12-10-14/h9-13,17H,5-8H2,1-4H3,(H,21,25)(H,22,24,26). The van der Waals surface area contributed by atoms with Gasteiger partial charge in [0.1, 0.15) is 16.8 Å². The van der Waals surface area contributed by atoms with Crippen molar-refractivity contribution in [3.63, 3.8) is 0 Å². The fourth-order valence-corrected chi connectivity index (χ4v) is 3.40. The zero-order valence-electron chi connectivity index (χ0n) is 16.8. The molecular formula is C20H28N4O3S. The van der Waals surface area contributed by atoms with Crippen molar-refractivity contribution in [2.75, 3.05) is 12.4 Å². The smallest absolute Gasteiger partial charge is 0.251 e. The summed E-state index contributed by atoms with van der Waals surface area (Å²) in [6, 6.07) is 6.07. The molecule has 0 aliphatic rings. The van der Waals surface area contributed by atoms with Gasteiger partial charge in [0.05, 0.1) is 7.11 Å². The van der Waals surface area contributed by atoms with Crippen LogP contribution >= 0.6 is 11.3 Å². The number of carbonyl (C=O) groups excluding carboxylic acids is 2. The molecule has 1 atom stereocenters. The molecule has 0 radical (unpaired) electrons. The number of hydrogen-bond acceptors (Lipinski definition) is 6. The molecule has 0 aliphatic carbocycles. The van der Waals surface area contributed by atoms with Gasteiger partial charge < -0.3 is 10.1 Å². The molecule has 2 rings (SSSR count). The molecule has 2 amide bonds. The Labute approximate surface area is 169 Å². The van der Waals surface area contributed by atoms with Crippen molar-refractivity contribution in [3.05, 3.63) is 34.8 Å². The van der Waals surface area contributed by atoms with Gasteiger partial charge in [-0.25, -0.2) is 0 Å². The highest BCUT2D eigenvalue weighted by atomic mass is 32.1. The molecule has 7 nitrogen and oxygen atoms in total. The number of hydrogen-bond donors (Lipinski definition) is 2. The minimum atomic E-state index is -0.679. The Kier molecular flexibility index (Phi) is 8.38. The second kappa shape index (κ2) is 10.8. The number of ether oxygens (including phenoxy) is 1. The number of nitrogens with zero attached hydrogens (tertiary/aromatic N) is 2. The Morgan fingerprint density at radius 1 is 1.14 bits per heavy atom. The Hall–Kier alpha value is -2.48. The van der Waals surface area contributed by atoms with E-state index in [1.54, 1.807) is 31.4 Å². The normalized spacial score (nSPS) is 11.9. The molecule has 1 heterocycles. The maximum Gasteiger partial charge on any atom is 0.251 e. The lowest BCUT2D eigenvalue weighted by molar-refractivity contribution is -0.118. The molecule has 1 aromatic carbocycles. The summed E-state index contributed by atoms with van der Waals surface area (Å²) >= 11 is 1.38. The van der Waals surface area contributed by atoms with Crippen LogP contribution in [0.2, 0.25) is 0 Å². The average molecular weight is 405 g/mol. The van der Waals surface area contributed by atoms with E-state index in [2.05, 4.69) is 27.8 Å². The quantitative estimate of drug-likeness (QED) is 0.589. The van der Waals surface area contributed by atoms with E-state index in [-0.39, 0.29) is 17.7 Å². The maximum absolute atomic E-state index is 12.7. The first-order valence-electron chi connectivity index (χ1n) is 9.52. The molecule has 0 saturated carbocycles. The number of nitrogens with one attached hydrogen (secondary N) is 2. The lowest BCUT2D eigenvalue weighted by Crippen LogP contribution is -2.47. The van der Waals surface area contributed by atoms with E-state index >= 15 is 0 Å². The predicted octanol–water partition coefficient (Wildman–Crippen LogP) is 3.67. The molecule has 28 heavy (non-hydrogen) atoms. The SMILES string of the molecule is CCCCCc1nnc(NC(=O)C(NC(=O)c2ccc(OC)cc2)C(C)C)s1. The van der Waals surface area contributed by atoms with Crippen LogP contribution in [0.5, 0.6) is 5.75 Å². The largest absolute Gasteiger partial charge is 0.497 e. The highest BCUT2D eigenvalue weighted by Crippen LogP contribution is 2.19. The van der Waals surface area contributed by atoms with Crippen LogP contribution < -0.4 is 15.4 Å². The van der Waals surface area contributed by atoms with E-state index < -0.39 is 6.04 Å². The van der Waals surface area contributed by atoms with Gasteiger partial charge in [0, 0.05) is 12.0 Å². The van der Waals surface area contributed by atoms with Crippen LogP contribution in [0.3, 0.4) is 0 Å². The molecule has 2 N–H and O–H groups in total. The van der Waals surface area contributed by atoms with Crippen LogP contribution in [-0.2, 0) is 11.2 Å². The van der Waals surface area contributed by atoms with Gasteiger partial charge in [0.15, 0.2) is 0 Å². The fourth-order valence-electron chi connectivity index (χ4n) is 2.62. The van der Waals surface area contributed by atoms with Crippen molar-refractivity contribution in [1.82, 2.24) is 15.5 Å². The number of benzene rings is 1. The van der Waals surface area contributed by atoms with Gasteiger partial charge in [-0.3, -0.25) is 14.9 Å². The van der Waals surface area contributed by atoms with Gasteiger partial charge in [0.25, 0.3) is 5.91 Å². The van der Waals surface area contributed by atoms with E-state index in [0.29, 0.717) is 16.4 Å². The van der Waals surface area contributed by atoms with E-state index in [1.165, 1.54) is 11.3 Å². The highest BCUT2D eigenvalue weighted by molar-refractivity contribution is 7.15. The summed E-state index contributed by atoms with van der Waals surface area (Å²) in [5, 5.41) is 15.1. The van der Waals surface area contributed by atoms with Crippen molar-refractivity contribution in [3.8, 4) is 5.75 Å². The van der Waals surface area contributed by atoms with Crippen molar-refractivity contribution in [2.45, 2.75) is 52.5 Å². The third-order valence-corrected chi connectivity index (χ3v) is 5.18. The Morgan fingerprint density at radius 2 is 1.86 bits per heavy atom. The molecular weight excluding hydrogens is 376 g/mol. The molecule has 1 unspecified atom stereocenters. The zero-order chi connectivity index (χ0) is 20.5. The summed E-state index contributed by atoms with van der Waals surface area (Å²) in [6.45, 7) is 5.92. The van der Waals surface area contributed by atoms with Crippen molar-refractivity contribution >= 4 is 28.3 Å². The third kappa shape index (κ3) is 6.30. The van der Waals surface area contributed by atoms with Crippen molar-refractivity contribution in [1.29, 1.82) is 0 Å². The number of methoxy groups -OCH3 is 1. The second-order valence-electron chi connectivity index (χ2n) is 6.87. The molecule has 0 saturated heterocycles. The van der Waals surface area contributed by atoms with Gasteiger partial charge in [-0.1, -0.05) is 44.9 Å². The van der Waals surface area contributed by atoms with Crippen LogP contribution in [0.4, 0.5) is 5.13 Å².